The van der Waals surface area contributed by atoms with Crippen LogP contribution in [0.4, 0.5) is 17.1 Å². The summed E-state index contributed by atoms with van der Waals surface area (Å²) in [4.78, 5) is 2.18. The predicted octanol–water partition coefficient (Wildman–Crippen LogP) is 3.99. The van der Waals surface area contributed by atoms with Crippen molar-refractivity contribution in [2.45, 2.75) is 0 Å². The first-order chi connectivity index (χ1) is 12.7. The number of para-hydroxylation sites is 1. The topological polar surface area (TPSA) is 43.7 Å². The SMILES string of the molecule is OB(O)c1ccc(N(c2ccccc2)c2cccc3ccccc23)cc1. The lowest BCUT2D eigenvalue weighted by molar-refractivity contribution is 0.426. The monoisotopic (exact) mass is 339 g/mol. The maximum atomic E-state index is 9.37. The highest BCUT2D eigenvalue weighted by Gasteiger charge is 2.16. The minimum Gasteiger partial charge on any atom is -0.423 e. The summed E-state index contributed by atoms with van der Waals surface area (Å²) in [5.74, 6) is 0. The van der Waals surface area contributed by atoms with E-state index >= 15 is 0 Å². The van der Waals surface area contributed by atoms with Crippen LogP contribution >= 0.6 is 0 Å². The van der Waals surface area contributed by atoms with Crippen LogP contribution in [0.25, 0.3) is 10.8 Å². The predicted molar refractivity (Wildman–Crippen MR) is 108 cm³/mol. The van der Waals surface area contributed by atoms with Gasteiger partial charge in [-0.1, -0.05) is 66.7 Å². The zero-order valence-electron chi connectivity index (χ0n) is 14.2. The fourth-order valence-electron chi connectivity index (χ4n) is 3.20. The summed E-state index contributed by atoms with van der Waals surface area (Å²) in [6, 6.07) is 32.0. The highest BCUT2D eigenvalue weighted by atomic mass is 16.4. The van der Waals surface area contributed by atoms with Crippen LogP contribution in [-0.2, 0) is 0 Å². The van der Waals surface area contributed by atoms with Gasteiger partial charge in [0.25, 0.3) is 0 Å². The van der Waals surface area contributed by atoms with E-state index < -0.39 is 7.12 Å². The molecule has 0 fully saturated rings. The van der Waals surface area contributed by atoms with E-state index in [9.17, 15) is 10.0 Å². The van der Waals surface area contributed by atoms with Crippen molar-refractivity contribution in [3.05, 3.63) is 97.1 Å². The van der Waals surface area contributed by atoms with E-state index in [0.29, 0.717) is 5.46 Å². The van der Waals surface area contributed by atoms with Crippen molar-refractivity contribution in [2.75, 3.05) is 4.90 Å². The Labute approximate surface area is 152 Å². The van der Waals surface area contributed by atoms with Gasteiger partial charge in [-0.25, -0.2) is 0 Å². The number of rotatable bonds is 4. The normalized spacial score (nSPS) is 10.7. The first kappa shape index (κ1) is 16.4. The molecule has 0 bridgehead atoms. The molecule has 0 aromatic heterocycles. The Kier molecular flexibility index (Phi) is 4.44. The molecular weight excluding hydrogens is 321 g/mol. The lowest BCUT2D eigenvalue weighted by atomic mass is 9.80. The molecule has 0 aliphatic carbocycles. The van der Waals surface area contributed by atoms with E-state index in [2.05, 4.69) is 47.4 Å². The first-order valence-electron chi connectivity index (χ1n) is 8.53. The quantitative estimate of drug-likeness (QED) is 0.553. The Morgan fingerprint density at radius 1 is 0.577 bits per heavy atom. The summed E-state index contributed by atoms with van der Waals surface area (Å²) in [6.45, 7) is 0. The van der Waals surface area contributed by atoms with E-state index in [1.54, 1.807) is 12.1 Å². The van der Waals surface area contributed by atoms with Crippen LogP contribution in [-0.4, -0.2) is 17.2 Å². The summed E-state index contributed by atoms with van der Waals surface area (Å²) in [5.41, 5.74) is 3.55. The maximum absolute atomic E-state index is 9.37. The molecule has 0 heterocycles. The Hall–Kier alpha value is -3.08. The maximum Gasteiger partial charge on any atom is 0.488 e. The van der Waals surface area contributed by atoms with Gasteiger partial charge in [-0.05, 0) is 41.2 Å². The van der Waals surface area contributed by atoms with Gasteiger partial charge in [-0.2, -0.15) is 0 Å². The van der Waals surface area contributed by atoms with E-state index in [-0.39, 0.29) is 0 Å². The second-order valence-corrected chi connectivity index (χ2v) is 6.13. The van der Waals surface area contributed by atoms with Gasteiger partial charge in [0.05, 0.1) is 5.69 Å². The van der Waals surface area contributed by atoms with Crippen molar-refractivity contribution in [2.24, 2.45) is 0 Å². The number of nitrogens with zero attached hydrogens (tertiary/aromatic N) is 1. The molecular formula is C22H18BNO2. The number of fused-ring (bicyclic) bond motifs is 1. The second kappa shape index (κ2) is 7.04. The van der Waals surface area contributed by atoms with Crippen LogP contribution < -0.4 is 10.4 Å². The standard InChI is InChI=1S/C22H18BNO2/c25-23(26)18-13-15-20(16-14-18)24(19-9-2-1-3-10-19)22-12-6-8-17-7-4-5-11-21(17)22/h1-16,25-26H. The molecule has 4 heteroatoms. The zero-order chi connectivity index (χ0) is 17.9. The average molecular weight is 339 g/mol. The second-order valence-electron chi connectivity index (χ2n) is 6.13. The molecule has 4 aromatic rings. The van der Waals surface area contributed by atoms with E-state index in [4.69, 9.17) is 0 Å². The summed E-state index contributed by atoms with van der Waals surface area (Å²) in [5, 5.41) is 21.1. The molecule has 0 aliphatic heterocycles. The van der Waals surface area contributed by atoms with Gasteiger partial charge in [0.2, 0.25) is 0 Å². The third kappa shape index (κ3) is 3.08. The summed E-state index contributed by atoms with van der Waals surface area (Å²) >= 11 is 0. The Morgan fingerprint density at radius 2 is 1.19 bits per heavy atom. The Bertz CT molecular complexity index is 1010. The lowest BCUT2D eigenvalue weighted by Gasteiger charge is -2.27. The van der Waals surface area contributed by atoms with Crippen molar-refractivity contribution in [3.63, 3.8) is 0 Å². The molecule has 0 aliphatic rings. The van der Waals surface area contributed by atoms with Crippen molar-refractivity contribution >= 4 is 40.4 Å². The van der Waals surface area contributed by atoms with Gasteiger partial charge in [0.15, 0.2) is 0 Å². The molecule has 3 nitrogen and oxygen atoms in total. The zero-order valence-corrected chi connectivity index (χ0v) is 14.2. The van der Waals surface area contributed by atoms with E-state index in [0.717, 1.165) is 22.4 Å². The molecule has 4 rings (SSSR count). The molecule has 0 radical (unpaired) electrons. The number of hydrogen-bond acceptors (Lipinski definition) is 3. The van der Waals surface area contributed by atoms with Crippen LogP contribution in [0.2, 0.25) is 0 Å². The third-order valence-corrected chi connectivity index (χ3v) is 4.47. The first-order valence-corrected chi connectivity index (χ1v) is 8.53. The minimum absolute atomic E-state index is 0.472. The fraction of sp³-hybridized carbons (Fsp3) is 0. The van der Waals surface area contributed by atoms with E-state index in [1.165, 1.54) is 5.39 Å². The van der Waals surface area contributed by atoms with E-state index in [1.807, 2.05) is 42.5 Å². The molecule has 2 N–H and O–H groups in total. The summed E-state index contributed by atoms with van der Waals surface area (Å²) in [7, 11) is -1.47. The molecule has 0 amide bonds. The van der Waals surface area contributed by atoms with Gasteiger partial charge >= 0.3 is 7.12 Å². The Balaban J connectivity index is 1.91. The van der Waals surface area contributed by atoms with Gasteiger partial charge in [0, 0.05) is 16.8 Å². The van der Waals surface area contributed by atoms with Gasteiger partial charge in [-0.3, -0.25) is 0 Å². The van der Waals surface area contributed by atoms with Gasteiger partial charge in [0.1, 0.15) is 0 Å². The molecule has 126 valence electrons. The van der Waals surface area contributed by atoms with Crippen LogP contribution in [0.1, 0.15) is 0 Å². The average Bonchev–Trinajstić information content (AvgIpc) is 2.70. The molecule has 0 atom stereocenters. The molecule has 26 heavy (non-hydrogen) atoms. The minimum atomic E-state index is -1.47. The number of anilines is 3. The summed E-state index contributed by atoms with van der Waals surface area (Å²) < 4.78 is 0. The third-order valence-electron chi connectivity index (χ3n) is 4.47. The fourth-order valence-corrected chi connectivity index (χ4v) is 3.20. The van der Waals surface area contributed by atoms with Crippen molar-refractivity contribution in [3.8, 4) is 0 Å². The lowest BCUT2D eigenvalue weighted by Crippen LogP contribution is -2.29. The van der Waals surface area contributed by atoms with Crippen LogP contribution in [0.5, 0.6) is 0 Å². The van der Waals surface area contributed by atoms with Crippen LogP contribution in [0.15, 0.2) is 97.1 Å². The van der Waals surface area contributed by atoms with Crippen molar-refractivity contribution in [1.82, 2.24) is 0 Å². The smallest absolute Gasteiger partial charge is 0.423 e. The largest absolute Gasteiger partial charge is 0.488 e. The molecule has 0 spiro atoms. The van der Waals surface area contributed by atoms with Crippen LogP contribution in [0.3, 0.4) is 0 Å². The molecule has 4 aromatic carbocycles. The van der Waals surface area contributed by atoms with Gasteiger partial charge < -0.3 is 14.9 Å². The molecule has 0 saturated heterocycles. The molecule has 0 saturated carbocycles. The summed E-state index contributed by atoms with van der Waals surface area (Å²) in [6.07, 6.45) is 0. The van der Waals surface area contributed by atoms with Crippen molar-refractivity contribution < 1.29 is 10.0 Å². The Morgan fingerprint density at radius 3 is 1.92 bits per heavy atom. The highest BCUT2D eigenvalue weighted by molar-refractivity contribution is 6.58. The highest BCUT2D eigenvalue weighted by Crippen LogP contribution is 2.38. The van der Waals surface area contributed by atoms with Crippen molar-refractivity contribution in [1.29, 1.82) is 0 Å². The number of hydrogen-bond donors (Lipinski definition) is 2. The van der Waals surface area contributed by atoms with Crippen LogP contribution in [0, 0.1) is 0 Å². The molecule has 0 unspecified atom stereocenters. The van der Waals surface area contributed by atoms with Gasteiger partial charge in [-0.15, -0.1) is 0 Å². The number of benzene rings is 4.